The number of nitrogens with two attached hydrogens (primary N) is 1. The van der Waals surface area contributed by atoms with Crippen LogP contribution >= 0.6 is 0 Å². The molecule has 1 aliphatic heterocycles. The fourth-order valence-electron chi connectivity index (χ4n) is 5.23. The molecule has 332 valence electrons. The summed E-state index contributed by atoms with van der Waals surface area (Å²) in [5, 5.41) is 13.7. The third kappa shape index (κ3) is 21.4. The topological polar surface area (TPSA) is 258 Å². The molecule has 0 saturated heterocycles. The molecule has 60 heavy (non-hydrogen) atoms. The number of amides is 8. The highest BCUT2D eigenvalue weighted by Gasteiger charge is 2.29. The molecule has 1 aromatic rings. The van der Waals surface area contributed by atoms with Gasteiger partial charge in [0.15, 0.2) is 0 Å². The number of urea groups is 1. The fourth-order valence-corrected chi connectivity index (χ4v) is 5.23. The molecule has 20 nitrogen and oxygen atoms in total. The highest BCUT2D eigenvalue weighted by Crippen LogP contribution is 2.13. The van der Waals surface area contributed by atoms with Crippen molar-refractivity contribution in [3.05, 3.63) is 42.0 Å². The summed E-state index contributed by atoms with van der Waals surface area (Å²) in [4.78, 5) is 88.6. The summed E-state index contributed by atoms with van der Waals surface area (Å²) in [7, 11) is 1.61. The molecular weight excluding hydrogens is 784 g/mol. The molecule has 1 aliphatic rings. The van der Waals surface area contributed by atoms with Gasteiger partial charge in [0.1, 0.15) is 18.7 Å². The van der Waals surface area contributed by atoms with Crippen LogP contribution in [-0.4, -0.2) is 156 Å². The maximum absolute atomic E-state index is 13.5. The number of terminal acetylenes is 1. The van der Waals surface area contributed by atoms with E-state index in [1.807, 2.05) is 0 Å². The molecule has 0 aliphatic carbocycles. The van der Waals surface area contributed by atoms with Gasteiger partial charge in [0, 0.05) is 50.9 Å². The van der Waals surface area contributed by atoms with Crippen molar-refractivity contribution in [2.24, 2.45) is 11.7 Å². The molecule has 1 aromatic carbocycles. The molecule has 2 rings (SSSR count). The van der Waals surface area contributed by atoms with Crippen molar-refractivity contribution in [1.29, 1.82) is 0 Å². The van der Waals surface area contributed by atoms with E-state index in [0.717, 1.165) is 4.90 Å². The van der Waals surface area contributed by atoms with Gasteiger partial charge in [0.05, 0.1) is 65.9 Å². The van der Waals surface area contributed by atoms with Crippen LogP contribution in [0, 0.1) is 18.3 Å². The second-order valence-corrected chi connectivity index (χ2v) is 13.7. The van der Waals surface area contributed by atoms with Crippen LogP contribution in [0.15, 0.2) is 36.4 Å². The van der Waals surface area contributed by atoms with Crippen molar-refractivity contribution in [3.63, 3.8) is 0 Å². The number of hydrogen-bond acceptors (Lipinski definition) is 13. The highest BCUT2D eigenvalue weighted by molar-refractivity contribution is 6.12. The average molecular weight is 845 g/mol. The Labute approximate surface area is 350 Å². The molecular formula is C40H60N8O12. The van der Waals surface area contributed by atoms with E-state index in [1.165, 1.54) is 17.1 Å². The van der Waals surface area contributed by atoms with Crippen molar-refractivity contribution in [1.82, 2.24) is 31.1 Å². The average Bonchev–Trinajstić information content (AvgIpc) is 3.54. The number of carbonyl (C=O) groups excluding carboxylic acids is 7. The zero-order valence-corrected chi connectivity index (χ0v) is 34.7. The van der Waals surface area contributed by atoms with Crippen LogP contribution in [0.5, 0.6) is 0 Å². The minimum Gasteiger partial charge on any atom is -0.445 e. The first-order valence-electron chi connectivity index (χ1n) is 19.7. The van der Waals surface area contributed by atoms with Gasteiger partial charge in [-0.2, -0.15) is 0 Å². The summed E-state index contributed by atoms with van der Waals surface area (Å²) in [6.45, 7) is 7.27. The predicted octanol–water partition coefficient (Wildman–Crippen LogP) is -0.128. The van der Waals surface area contributed by atoms with Gasteiger partial charge in [-0.15, -0.1) is 6.42 Å². The van der Waals surface area contributed by atoms with E-state index in [2.05, 4.69) is 32.5 Å². The maximum atomic E-state index is 13.5. The van der Waals surface area contributed by atoms with Gasteiger partial charge < -0.3 is 60.9 Å². The van der Waals surface area contributed by atoms with Gasteiger partial charge in [0.2, 0.25) is 17.7 Å². The number of imide groups is 1. The lowest BCUT2D eigenvalue weighted by atomic mass is 10.0. The second kappa shape index (κ2) is 29.6. The number of carbonyl (C=O) groups is 7. The van der Waals surface area contributed by atoms with E-state index in [9.17, 15) is 33.6 Å². The third-order valence-electron chi connectivity index (χ3n) is 8.56. The standard InChI is InChI=1S/C40H60N8O12/c1-5-15-42-17-18-47(4)40(55)60-28-30-8-10-31(11-9-30)44-37(52)32(7-6-16-43-39(41)54)45-38(53)36(29(2)3)46-33(49)14-20-56-22-24-58-26-27-59-25-23-57-21-19-48-34(50)12-13-35(48)51/h1,8-13,29,32,36,42H,6-7,14-28H2,2-4H3,(H,44,52)(H,45,53)(H,46,49)(H3,41,43,54)/t32-,36-/m0/s1. The van der Waals surface area contributed by atoms with Crippen molar-refractivity contribution >= 4 is 47.3 Å². The number of anilines is 1. The van der Waals surface area contributed by atoms with E-state index in [0.29, 0.717) is 63.7 Å². The number of nitrogens with one attached hydrogen (secondary N) is 5. The summed E-state index contributed by atoms with van der Waals surface area (Å²) in [5.41, 5.74) is 6.28. The highest BCUT2D eigenvalue weighted by atomic mass is 16.6. The quantitative estimate of drug-likeness (QED) is 0.0324. The molecule has 0 unspecified atom stereocenters. The number of nitrogens with zero attached hydrogens (tertiary/aromatic N) is 2. The van der Waals surface area contributed by atoms with Crippen molar-refractivity contribution in [3.8, 4) is 12.3 Å². The third-order valence-corrected chi connectivity index (χ3v) is 8.56. The Balaban J connectivity index is 1.73. The van der Waals surface area contributed by atoms with Crippen molar-refractivity contribution in [2.45, 2.75) is 51.8 Å². The Hall–Kier alpha value is -5.59. The van der Waals surface area contributed by atoms with E-state index in [1.54, 1.807) is 45.2 Å². The van der Waals surface area contributed by atoms with Gasteiger partial charge >= 0.3 is 12.1 Å². The maximum Gasteiger partial charge on any atom is 0.409 e. The normalized spacial score (nSPS) is 13.1. The minimum absolute atomic E-state index is 0.00963. The summed E-state index contributed by atoms with van der Waals surface area (Å²) in [6, 6.07) is 3.94. The molecule has 0 radical (unpaired) electrons. The van der Waals surface area contributed by atoms with Crippen LogP contribution in [0.1, 0.15) is 38.7 Å². The van der Waals surface area contributed by atoms with Crippen LogP contribution < -0.4 is 32.3 Å². The fraction of sp³-hybridized carbons (Fsp3) is 0.575. The molecule has 2 atom stereocenters. The Morgan fingerprint density at radius 2 is 1.43 bits per heavy atom. The van der Waals surface area contributed by atoms with Gasteiger partial charge in [-0.25, -0.2) is 9.59 Å². The first kappa shape index (κ1) is 50.6. The molecule has 20 heteroatoms. The molecule has 0 fully saturated rings. The zero-order chi connectivity index (χ0) is 44.1. The molecule has 0 saturated carbocycles. The molecule has 0 bridgehead atoms. The Morgan fingerprint density at radius 1 is 0.833 bits per heavy atom. The zero-order valence-electron chi connectivity index (χ0n) is 34.7. The van der Waals surface area contributed by atoms with E-state index in [4.69, 9.17) is 35.8 Å². The predicted molar refractivity (Wildman–Crippen MR) is 219 cm³/mol. The van der Waals surface area contributed by atoms with Crippen LogP contribution in [-0.2, 0) is 54.3 Å². The summed E-state index contributed by atoms with van der Waals surface area (Å²) in [6.07, 6.45) is 7.59. The lowest BCUT2D eigenvalue weighted by Gasteiger charge is -2.25. The minimum atomic E-state index is -1.03. The van der Waals surface area contributed by atoms with Gasteiger partial charge in [-0.05, 0) is 36.5 Å². The Kier molecular flexibility index (Phi) is 24.9. The number of ether oxygens (including phenoxy) is 5. The van der Waals surface area contributed by atoms with Crippen LogP contribution in [0.2, 0.25) is 0 Å². The largest absolute Gasteiger partial charge is 0.445 e. The number of likely N-dealkylation sites (N-methyl/N-ethyl adjacent to an activating group) is 1. The molecule has 0 aromatic heterocycles. The Bertz CT molecular complexity index is 1580. The SMILES string of the molecule is C#CCNCCN(C)C(=O)OCc1ccc(NC(=O)[C@H](CCCNC(N)=O)NC(=O)[C@@H](NC(=O)CCOCCOCCOCCOCCN2C(=O)C=CC2=O)C(C)C)cc1. The number of hydrogen-bond donors (Lipinski definition) is 6. The number of benzene rings is 1. The number of rotatable bonds is 31. The lowest BCUT2D eigenvalue weighted by molar-refractivity contribution is -0.137. The lowest BCUT2D eigenvalue weighted by Crippen LogP contribution is -2.54. The van der Waals surface area contributed by atoms with Crippen molar-refractivity contribution in [2.75, 3.05) is 97.9 Å². The van der Waals surface area contributed by atoms with Gasteiger partial charge in [0.25, 0.3) is 11.8 Å². The van der Waals surface area contributed by atoms with Crippen LogP contribution in [0.4, 0.5) is 15.3 Å². The Morgan fingerprint density at radius 3 is 2.02 bits per heavy atom. The van der Waals surface area contributed by atoms with Crippen LogP contribution in [0.3, 0.4) is 0 Å². The molecule has 0 spiro atoms. The molecule has 7 N–H and O–H groups in total. The summed E-state index contributed by atoms with van der Waals surface area (Å²) < 4.78 is 27.1. The second-order valence-electron chi connectivity index (χ2n) is 13.7. The van der Waals surface area contributed by atoms with Crippen molar-refractivity contribution < 1.29 is 57.2 Å². The van der Waals surface area contributed by atoms with Gasteiger partial charge in [-0.1, -0.05) is 31.9 Å². The first-order valence-corrected chi connectivity index (χ1v) is 19.7. The molecule has 8 amide bonds. The van der Waals surface area contributed by atoms with E-state index < -0.39 is 41.9 Å². The van der Waals surface area contributed by atoms with E-state index in [-0.39, 0.29) is 76.7 Å². The van der Waals surface area contributed by atoms with Crippen LogP contribution in [0.25, 0.3) is 0 Å². The monoisotopic (exact) mass is 844 g/mol. The van der Waals surface area contributed by atoms with E-state index >= 15 is 0 Å². The molecule has 1 heterocycles. The number of primary amides is 1. The smallest absolute Gasteiger partial charge is 0.409 e. The summed E-state index contributed by atoms with van der Waals surface area (Å²) in [5.74, 6) is -0.0743. The van der Waals surface area contributed by atoms with Gasteiger partial charge in [-0.3, -0.25) is 28.9 Å². The summed E-state index contributed by atoms with van der Waals surface area (Å²) >= 11 is 0. The first-order chi connectivity index (χ1) is 28.8.